The van der Waals surface area contributed by atoms with Crippen molar-refractivity contribution in [1.82, 2.24) is 14.8 Å². The molecule has 3 heterocycles. The fourth-order valence-electron chi connectivity index (χ4n) is 4.63. The average molecular weight is 453 g/mol. The minimum Gasteiger partial charge on any atom is -0.493 e. The number of rotatable bonds is 5. The van der Waals surface area contributed by atoms with Crippen molar-refractivity contribution in [1.29, 1.82) is 0 Å². The van der Waals surface area contributed by atoms with E-state index in [0.29, 0.717) is 36.0 Å². The molecule has 8 nitrogen and oxygen atoms in total. The molecule has 5 rings (SSSR count). The lowest BCUT2D eigenvalue weighted by Gasteiger charge is -2.35. The fraction of sp³-hybridized carbons (Fsp3) is 0.348. The molecule has 0 radical (unpaired) electrons. The van der Waals surface area contributed by atoms with Gasteiger partial charge in [0.05, 0.1) is 21.3 Å². The van der Waals surface area contributed by atoms with Crippen LogP contribution in [-0.4, -0.2) is 41.9 Å². The first-order valence-electron chi connectivity index (χ1n) is 10.3. The Bertz CT molecular complexity index is 1200. The Labute approximate surface area is 189 Å². The average Bonchev–Trinajstić information content (AvgIpc) is 3.44. The van der Waals surface area contributed by atoms with Crippen LogP contribution in [0.2, 0.25) is 0 Å². The number of nitrogens with zero attached hydrogens (tertiary/aromatic N) is 3. The molecule has 0 saturated carbocycles. The molecule has 0 unspecified atom stereocenters. The first-order chi connectivity index (χ1) is 15.5. The minimum atomic E-state index is -0.253. The zero-order chi connectivity index (χ0) is 22.4. The van der Waals surface area contributed by atoms with Gasteiger partial charge < -0.3 is 19.5 Å². The summed E-state index contributed by atoms with van der Waals surface area (Å²) in [6.45, 7) is 2.07. The summed E-state index contributed by atoms with van der Waals surface area (Å²) >= 11 is 1.64. The highest BCUT2D eigenvalue weighted by atomic mass is 32.1. The van der Waals surface area contributed by atoms with Gasteiger partial charge in [0.2, 0.25) is 11.7 Å². The molecule has 166 valence electrons. The molecule has 1 aromatic carbocycles. The zero-order valence-corrected chi connectivity index (χ0v) is 19.2. The number of fused-ring (bicyclic) bond motifs is 1. The Balaban J connectivity index is 1.58. The molecule has 9 heteroatoms. The third-order valence-electron chi connectivity index (χ3n) is 6.17. The van der Waals surface area contributed by atoms with Gasteiger partial charge in [0.25, 0.3) is 0 Å². The number of aryl methyl sites for hydroxylation is 1. The maximum Gasteiger partial charge on any atom is 0.226 e. The molecule has 0 spiro atoms. The highest BCUT2D eigenvalue weighted by Gasteiger charge is 2.40. The molecule has 0 amide bonds. The van der Waals surface area contributed by atoms with Gasteiger partial charge in [-0.25, -0.2) is 4.68 Å². The van der Waals surface area contributed by atoms with E-state index < -0.39 is 0 Å². The predicted molar refractivity (Wildman–Crippen MR) is 121 cm³/mol. The summed E-state index contributed by atoms with van der Waals surface area (Å²) in [6.07, 6.45) is 2.59. The molecule has 0 saturated heterocycles. The number of ether oxygens (including phenoxy) is 3. The van der Waals surface area contributed by atoms with Gasteiger partial charge in [-0.1, -0.05) is 0 Å². The van der Waals surface area contributed by atoms with E-state index in [1.54, 1.807) is 32.7 Å². The van der Waals surface area contributed by atoms with Crippen LogP contribution in [-0.2, 0) is 4.79 Å². The van der Waals surface area contributed by atoms with Crippen LogP contribution in [0.25, 0.3) is 0 Å². The molecular weight excluding hydrogens is 428 g/mol. The summed E-state index contributed by atoms with van der Waals surface area (Å²) in [5, 5.41) is 9.84. The van der Waals surface area contributed by atoms with Crippen molar-refractivity contribution in [2.45, 2.75) is 31.7 Å². The predicted octanol–water partition coefficient (Wildman–Crippen LogP) is 4.09. The number of anilines is 1. The number of methoxy groups -OCH3 is 3. The van der Waals surface area contributed by atoms with Crippen LogP contribution in [0, 0.1) is 6.92 Å². The minimum absolute atomic E-state index is 0.0259. The number of aromatic nitrogens is 3. The number of thiophene rings is 1. The SMILES string of the molecule is COc1cc([C@@H]2CC(=O)C3=C(C2)Nc2ncnn2[C@@H]3c2sccc2C)cc(OC)c1OC. The van der Waals surface area contributed by atoms with Crippen molar-refractivity contribution < 1.29 is 19.0 Å². The summed E-state index contributed by atoms with van der Waals surface area (Å²) < 4.78 is 18.3. The van der Waals surface area contributed by atoms with E-state index in [1.807, 2.05) is 16.8 Å². The number of hydrogen-bond donors (Lipinski definition) is 1. The summed E-state index contributed by atoms with van der Waals surface area (Å²) in [5.41, 5.74) is 3.79. The first kappa shape index (κ1) is 20.6. The third-order valence-corrected chi connectivity index (χ3v) is 7.24. The van der Waals surface area contributed by atoms with Crippen molar-refractivity contribution in [2.24, 2.45) is 0 Å². The molecule has 1 N–H and O–H groups in total. The quantitative estimate of drug-likeness (QED) is 0.624. The van der Waals surface area contributed by atoms with Crippen molar-refractivity contribution in [3.63, 3.8) is 0 Å². The van der Waals surface area contributed by atoms with Crippen LogP contribution in [0.3, 0.4) is 0 Å². The van der Waals surface area contributed by atoms with E-state index in [1.165, 1.54) is 6.33 Å². The van der Waals surface area contributed by atoms with Gasteiger partial charge in [0.15, 0.2) is 17.3 Å². The van der Waals surface area contributed by atoms with Crippen LogP contribution in [0.4, 0.5) is 5.95 Å². The number of ketones is 1. The number of nitrogens with one attached hydrogen (secondary N) is 1. The second-order valence-electron chi connectivity index (χ2n) is 7.90. The highest BCUT2D eigenvalue weighted by molar-refractivity contribution is 7.10. The fourth-order valence-corrected chi connectivity index (χ4v) is 5.65. The lowest BCUT2D eigenvalue weighted by molar-refractivity contribution is -0.116. The Morgan fingerprint density at radius 1 is 1.12 bits per heavy atom. The second-order valence-corrected chi connectivity index (χ2v) is 8.85. The molecule has 2 aliphatic rings. The summed E-state index contributed by atoms with van der Waals surface area (Å²) in [5.74, 6) is 2.44. The Kier molecular flexibility index (Phi) is 5.13. The molecule has 3 aromatic rings. The number of carbonyl (C=O) groups excluding carboxylic acids is 1. The Morgan fingerprint density at radius 2 is 1.88 bits per heavy atom. The van der Waals surface area contributed by atoms with Crippen molar-refractivity contribution in [3.05, 3.63) is 57.2 Å². The van der Waals surface area contributed by atoms with E-state index in [0.717, 1.165) is 27.3 Å². The van der Waals surface area contributed by atoms with Crippen LogP contribution >= 0.6 is 11.3 Å². The summed E-state index contributed by atoms with van der Waals surface area (Å²) in [7, 11) is 4.77. The van der Waals surface area contributed by atoms with E-state index >= 15 is 0 Å². The lowest BCUT2D eigenvalue weighted by atomic mass is 9.78. The molecule has 2 atom stereocenters. The van der Waals surface area contributed by atoms with Gasteiger partial charge in [0.1, 0.15) is 12.4 Å². The Morgan fingerprint density at radius 3 is 2.50 bits per heavy atom. The van der Waals surface area contributed by atoms with Crippen LogP contribution in [0.5, 0.6) is 17.2 Å². The molecule has 0 bridgehead atoms. The highest BCUT2D eigenvalue weighted by Crippen LogP contribution is 2.47. The maximum absolute atomic E-state index is 13.6. The van der Waals surface area contributed by atoms with E-state index in [-0.39, 0.29) is 17.7 Å². The number of allylic oxidation sites excluding steroid dienone is 2. The number of carbonyl (C=O) groups is 1. The smallest absolute Gasteiger partial charge is 0.226 e. The zero-order valence-electron chi connectivity index (χ0n) is 18.3. The topological polar surface area (TPSA) is 87.5 Å². The van der Waals surface area contributed by atoms with Gasteiger partial charge in [-0.2, -0.15) is 10.1 Å². The molecule has 0 fully saturated rings. The van der Waals surface area contributed by atoms with Crippen LogP contribution in [0.15, 0.2) is 41.2 Å². The molecule has 32 heavy (non-hydrogen) atoms. The lowest BCUT2D eigenvalue weighted by Crippen LogP contribution is -2.33. The second kappa shape index (κ2) is 7.98. The molecule has 2 aromatic heterocycles. The first-order valence-corrected chi connectivity index (χ1v) is 11.2. The summed E-state index contributed by atoms with van der Waals surface area (Å²) in [4.78, 5) is 19.0. The molecule has 1 aliphatic carbocycles. The third kappa shape index (κ3) is 3.15. The van der Waals surface area contributed by atoms with Gasteiger partial charge in [0, 0.05) is 22.6 Å². The number of Topliss-reactive ketones (excluding diaryl/α,β-unsaturated/α-hetero) is 1. The van der Waals surface area contributed by atoms with E-state index in [4.69, 9.17) is 14.2 Å². The van der Waals surface area contributed by atoms with Crippen molar-refractivity contribution in [2.75, 3.05) is 26.6 Å². The normalized spacial score (nSPS) is 19.8. The van der Waals surface area contributed by atoms with Crippen LogP contribution < -0.4 is 19.5 Å². The van der Waals surface area contributed by atoms with E-state index in [9.17, 15) is 4.79 Å². The Hall–Kier alpha value is -3.33. The van der Waals surface area contributed by atoms with Gasteiger partial charge in [-0.3, -0.25) is 4.79 Å². The van der Waals surface area contributed by atoms with Crippen molar-refractivity contribution >= 4 is 23.1 Å². The number of benzene rings is 1. The molecular formula is C23H24N4O4S. The summed E-state index contributed by atoms with van der Waals surface area (Å²) in [6, 6.07) is 5.68. The standard InChI is InChI=1S/C23H24N4O4S/c1-12-5-6-32-22(12)20-19-15(26-23-24-11-25-27(20)23)7-13(8-16(19)28)14-9-17(29-2)21(31-4)18(10-14)30-3/h5-6,9-11,13,20H,7-8H2,1-4H3,(H,24,25,26)/t13-,20-/m0/s1. The van der Waals surface area contributed by atoms with E-state index in [2.05, 4.69) is 33.8 Å². The van der Waals surface area contributed by atoms with Gasteiger partial charge >= 0.3 is 0 Å². The largest absolute Gasteiger partial charge is 0.493 e. The van der Waals surface area contributed by atoms with Crippen LogP contribution in [0.1, 0.15) is 40.8 Å². The number of hydrogen-bond acceptors (Lipinski definition) is 8. The maximum atomic E-state index is 13.6. The monoisotopic (exact) mass is 452 g/mol. The van der Waals surface area contributed by atoms with Gasteiger partial charge in [-0.15, -0.1) is 11.3 Å². The van der Waals surface area contributed by atoms with Crippen molar-refractivity contribution in [3.8, 4) is 17.2 Å². The van der Waals surface area contributed by atoms with Gasteiger partial charge in [-0.05, 0) is 54.0 Å². The molecule has 1 aliphatic heterocycles.